The van der Waals surface area contributed by atoms with Gasteiger partial charge in [0.15, 0.2) is 0 Å². The first kappa shape index (κ1) is 15.7. The molecule has 7 heteroatoms. The summed E-state index contributed by atoms with van der Waals surface area (Å²) in [5.41, 5.74) is 2.36. The van der Waals surface area contributed by atoms with Crippen LogP contribution in [0.5, 0.6) is 0 Å². The van der Waals surface area contributed by atoms with Crippen molar-refractivity contribution in [1.82, 2.24) is 0 Å². The predicted molar refractivity (Wildman–Crippen MR) is 68.9 cm³/mol. The number of hydrogen-bond donors (Lipinski definition) is 4. The van der Waals surface area contributed by atoms with E-state index in [-0.39, 0.29) is 0 Å². The van der Waals surface area contributed by atoms with E-state index >= 15 is 0 Å². The molecule has 0 aliphatic heterocycles. The van der Waals surface area contributed by atoms with Crippen molar-refractivity contribution in [3.8, 4) is 0 Å². The van der Waals surface area contributed by atoms with E-state index in [9.17, 15) is 0 Å². The predicted octanol–water partition coefficient (Wildman–Crippen LogP) is 1.90. The van der Waals surface area contributed by atoms with Gasteiger partial charge in [-0.25, -0.2) is 0 Å². The maximum atomic E-state index is 8.74. The lowest BCUT2D eigenvalue weighted by Gasteiger charge is -2.05. The van der Waals surface area contributed by atoms with E-state index in [0.717, 1.165) is 13.1 Å². The molecule has 1 aromatic rings. The quantitative estimate of drug-likeness (QED) is 0.619. The highest BCUT2D eigenvalue weighted by Crippen LogP contribution is 2.12. The number of hydrogen-bond acceptors (Lipinski definition) is 4. The van der Waals surface area contributed by atoms with Crippen LogP contribution in [-0.4, -0.2) is 30.6 Å². The van der Waals surface area contributed by atoms with Crippen LogP contribution in [0.4, 0.5) is 11.4 Å². The summed E-state index contributed by atoms with van der Waals surface area (Å²) in [5, 5.41) is 6.50. The highest BCUT2D eigenvalue weighted by atomic mass is 32.3. The summed E-state index contributed by atoms with van der Waals surface area (Å²) in [5.74, 6) is 0. The fourth-order valence-electron chi connectivity index (χ4n) is 1.11. The van der Waals surface area contributed by atoms with Crippen molar-refractivity contribution in [2.24, 2.45) is 0 Å². The molecule has 0 atom stereocenters. The van der Waals surface area contributed by atoms with Crippen molar-refractivity contribution < 1.29 is 17.5 Å². The second-order valence-electron chi connectivity index (χ2n) is 3.09. The van der Waals surface area contributed by atoms with Gasteiger partial charge in [-0.3, -0.25) is 9.11 Å². The van der Waals surface area contributed by atoms with Gasteiger partial charge in [-0.2, -0.15) is 8.42 Å². The minimum Gasteiger partial charge on any atom is -0.385 e. The van der Waals surface area contributed by atoms with Crippen LogP contribution in [0.15, 0.2) is 24.3 Å². The Kier molecular flexibility index (Phi) is 7.27. The maximum Gasteiger partial charge on any atom is 0.394 e. The molecule has 0 unspecified atom stereocenters. The Bertz CT molecular complexity index is 370. The van der Waals surface area contributed by atoms with Crippen molar-refractivity contribution in [3.05, 3.63) is 24.3 Å². The Morgan fingerprint density at radius 3 is 1.35 bits per heavy atom. The normalized spacial score (nSPS) is 10.1. The topological polar surface area (TPSA) is 98.7 Å². The molecule has 0 aliphatic rings. The largest absolute Gasteiger partial charge is 0.394 e. The maximum absolute atomic E-state index is 8.74. The Hall–Kier alpha value is -1.31. The van der Waals surface area contributed by atoms with Crippen LogP contribution in [0.2, 0.25) is 0 Å². The highest BCUT2D eigenvalue weighted by Gasteiger charge is 1.90. The van der Waals surface area contributed by atoms with Crippen LogP contribution in [0, 0.1) is 0 Å². The van der Waals surface area contributed by atoms with Gasteiger partial charge >= 0.3 is 10.4 Å². The minimum atomic E-state index is -4.67. The van der Waals surface area contributed by atoms with Gasteiger partial charge in [-0.15, -0.1) is 0 Å². The van der Waals surface area contributed by atoms with Gasteiger partial charge in [-0.1, -0.05) is 0 Å². The molecule has 0 heterocycles. The third kappa shape index (κ3) is 11.0. The van der Waals surface area contributed by atoms with Gasteiger partial charge in [0.25, 0.3) is 0 Å². The van der Waals surface area contributed by atoms with Crippen LogP contribution < -0.4 is 10.6 Å². The van der Waals surface area contributed by atoms with Gasteiger partial charge in [0, 0.05) is 24.5 Å². The Morgan fingerprint density at radius 2 is 1.18 bits per heavy atom. The number of anilines is 2. The lowest BCUT2D eigenvalue weighted by Crippen LogP contribution is -1.98. The molecule has 98 valence electrons. The second-order valence-corrected chi connectivity index (χ2v) is 3.98. The second kappa shape index (κ2) is 7.88. The molecule has 0 amide bonds. The van der Waals surface area contributed by atoms with Gasteiger partial charge in [-0.05, 0) is 38.1 Å². The lowest BCUT2D eigenvalue weighted by atomic mass is 10.3. The highest BCUT2D eigenvalue weighted by molar-refractivity contribution is 7.79. The zero-order valence-electron chi connectivity index (χ0n) is 9.84. The van der Waals surface area contributed by atoms with Crippen molar-refractivity contribution in [2.45, 2.75) is 13.8 Å². The van der Waals surface area contributed by atoms with E-state index < -0.39 is 10.4 Å². The van der Waals surface area contributed by atoms with Crippen LogP contribution in [-0.2, 0) is 10.4 Å². The summed E-state index contributed by atoms with van der Waals surface area (Å²) in [7, 11) is -4.67. The molecule has 0 aromatic heterocycles. The summed E-state index contributed by atoms with van der Waals surface area (Å²) in [4.78, 5) is 0. The molecule has 0 saturated carbocycles. The molecule has 0 saturated heterocycles. The van der Waals surface area contributed by atoms with Crippen LogP contribution >= 0.6 is 0 Å². The van der Waals surface area contributed by atoms with E-state index in [0.29, 0.717) is 0 Å². The molecule has 0 radical (unpaired) electrons. The molecule has 4 N–H and O–H groups in total. The average molecular weight is 262 g/mol. The monoisotopic (exact) mass is 262 g/mol. The third-order valence-corrected chi connectivity index (χ3v) is 1.65. The van der Waals surface area contributed by atoms with Gasteiger partial charge in [0.2, 0.25) is 0 Å². The van der Waals surface area contributed by atoms with Gasteiger partial charge in [0.05, 0.1) is 0 Å². The molecule has 0 spiro atoms. The van der Waals surface area contributed by atoms with Crippen molar-refractivity contribution >= 4 is 21.8 Å². The zero-order valence-corrected chi connectivity index (χ0v) is 10.7. The molecule has 1 aromatic carbocycles. The molecule has 6 nitrogen and oxygen atoms in total. The summed E-state index contributed by atoms with van der Waals surface area (Å²) in [6, 6.07) is 8.34. The van der Waals surface area contributed by atoms with Crippen LogP contribution in [0.3, 0.4) is 0 Å². The number of nitrogens with one attached hydrogen (secondary N) is 2. The third-order valence-electron chi connectivity index (χ3n) is 1.65. The molecule has 0 aliphatic carbocycles. The first-order chi connectivity index (χ1) is 7.86. The van der Waals surface area contributed by atoms with Gasteiger partial charge < -0.3 is 10.6 Å². The van der Waals surface area contributed by atoms with E-state index in [2.05, 4.69) is 48.7 Å². The van der Waals surface area contributed by atoms with Crippen molar-refractivity contribution in [1.29, 1.82) is 0 Å². The Balaban J connectivity index is 0.000000437. The fraction of sp³-hybridized carbons (Fsp3) is 0.400. The molecular weight excluding hydrogens is 244 g/mol. The summed E-state index contributed by atoms with van der Waals surface area (Å²) < 4.78 is 31.6. The minimum absolute atomic E-state index is 0.973. The standard InChI is InChI=1S/C10H16N2.H2O4S/c1-3-11-9-5-7-10(8-6-9)12-4-2;1-5(2,3)4/h5-8,11-12H,3-4H2,1-2H3;(H2,1,2,3,4). The van der Waals surface area contributed by atoms with Crippen LogP contribution in [0.25, 0.3) is 0 Å². The summed E-state index contributed by atoms with van der Waals surface area (Å²) >= 11 is 0. The first-order valence-electron chi connectivity index (χ1n) is 5.14. The van der Waals surface area contributed by atoms with Crippen molar-refractivity contribution in [2.75, 3.05) is 23.7 Å². The molecular formula is C10H18N2O4S. The molecule has 1 rings (SSSR count). The number of benzene rings is 1. The van der Waals surface area contributed by atoms with E-state index in [4.69, 9.17) is 17.5 Å². The van der Waals surface area contributed by atoms with Gasteiger partial charge in [0.1, 0.15) is 0 Å². The zero-order chi connectivity index (χ0) is 13.3. The summed E-state index contributed by atoms with van der Waals surface area (Å²) in [6.45, 7) is 6.14. The number of rotatable bonds is 4. The van der Waals surface area contributed by atoms with E-state index in [1.54, 1.807) is 0 Å². The molecule has 0 bridgehead atoms. The summed E-state index contributed by atoms with van der Waals surface area (Å²) in [6.07, 6.45) is 0. The first-order valence-corrected chi connectivity index (χ1v) is 6.54. The van der Waals surface area contributed by atoms with Crippen molar-refractivity contribution in [3.63, 3.8) is 0 Å². The van der Waals surface area contributed by atoms with Crippen LogP contribution in [0.1, 0.15) is 13.8 Å². The van der Waals surface area contributed by atoms with E-state index in [1.165, 1.54) is 11.4 Å². The Morgan fingerprint density at radius 1 is 0.941 bits per heavy atom. The fourth-order valence-corrected chi connectivity index (χ4v) is 1.11. The SMILES string of the molecule is CCNc1ccc(NCC)cc1.O=S(=O)(O)O. The van der Waals surface area contributed by atoms with E-state index in [1.807, 2.05) is 0 Å². The smallest absolute Gasteiger partial charge is 0.385 e. The molecule has 0 fully saturated rings. The lowest BCUT2D eigenvalue weighted by molar-refractivity contribution is 0.381. The Labute approximate surface area is 102 Å². The average Bonchev–Trinajstić information content (AvgIpc) is 2.19. The molecule has 17 heavy (non-hydrogen) atoms.